The first-order valence-corrected chi connectivity index (χ1v) is 5.76. The first-order valence-electron chi connectivity index (χ1n) is 8.76. The van der Waals surface area contributed by atoms with E-state index in [0.29, 0.717) is 0 Å². The van der Waals surface area contributed by atoms with E-state index in [0.717, 1.165) is 19.1 Å². The lowest BCUT2D eigenvalue weighted by Gasteiger charge is -2.14. The highest BCUT2D eigenvalue weighted by Gasteiger charge is 2.16. The van der Waals surface area contributed by atoms with E-state index in [2.05, 4.69) is 0 Å². The highest BCUT2D eigenvalue weighted by atomic mass is 19.1. The summed E-state index contributed by atoms with van der Waals surface area (Å²) in [6.45, 7) is -1.62. The Morgan fingerprint density at radius 2 is 2.00 bits per heavy atom. The number of hydrogen-bond donors (Lipinski definition) is 3. The van der Waals surface area contributed by atoms with Gasteiger partial charge in [-0.05, 0) is 13.0 Å². The average molecular weight is 302 g/mol. The van der Waals surface area contributed by atoms with Gasteiger partial charge in [-0.25, -0.2) is 4.39 Å². The zero-order valence-electron chi connectivity index (χ0n) is 16.9. The largest absolute Gasteiger partial charge is 0.481 e. The molecule has 0 saturated heterocycles. The van der Waals surface area contributed by atoms with Crippen molar-refractivity contribution in [1.29, 1.82) is 0 Å². The van der Waals surface area contributed by atoms with E-state index in [9.17, 15) is 18.8 Å². The lowest BCUT2D eigenvalue weighted by molar-refractivity contribution is -0.139. The van der Waals surface area contributed by atoms with Crippen molar-refractivity contribution in [2.24, 2.45) is 0 Å². The molecule has 0 aromatic heterocycles. The molecule has 114 valence electrons. The average Bonchev–Trinajstić information content (AvgIpc) is 2.53. The van der Waals surface area contributed by atoms with Gasteiger partial charge in [-0.1, -0.05) is 18.2 Å². The Hall–Kier alpha value is -2.44. The number of rotatable bonds is 7. The highest BCUT2D eigenvalue weighted by Crippen LogP contribution is 2.05. The summed E-state index contributed by atoms with van der Waals surface area (Å²) < 4.78 is 58.3. The fraction of sp³-hybridized carbons (Fsp3) is 0.357. The topological polar surface area (TPSA) is 95.5 Å². The van der Waals surface area contributed by atoms with Gasteiger partial charge in [0, 0.05) is 23.9 Å². The molecule has 1 aromatic carbocycles. The quantitative estimate of drug-likeness (QED) is 0.694. The van der Waals surface area contributed by atoms with Gasteiger partial charge in [0.2, 0.25) is 11.8 Å². The van der Waals surface area contributed by atoms with Gasteiger partial charge in [-0.2, -0.15) is 0 Å². The van der Waals surface area contributed by atoms with E-state index < -0.39 is 54.4 Å². The molecule has 0 spiro atoms. The minimum absolute atomic E-state index is 0.477. The molecule has 21 heavy (non-hydrogen) atoms. The van der Waals surface area contributed by atoms with E-state index in [1.165, 1.54) is 12.1 Å². The summed E-state index contributed by atoms with van der Waals surface area (Å²) in [4.78, 5) is 34.8. The number of carboxylic acids is 1. The summed E-state index contributed by atoms with van der Waals surface area (Å²) in [6.07, 6.45) is -7.09. The van der Waals surface area contributed by atoms with Crippen LogP contribution in [-0.4, -0.2) is 28.9 Å². The molecule has 2 amide bonds. The predicted molar refractivity (Wildman–Crippen MR) is 72.7 cm³/mol. The summed E-state index contributed by atoms with van der Waals surface area (Å²) in [5, 5.41) is 12.3. The molecule has 7 heteroatoms. The van der Waals surface area contributed by atoms with Crippen LogP contribution in [0, 0.1) is 5.82 Å². The molecule has 0 aliphatic carbocycles. The van der Waals surface area contributed by atoms with Gasteiger partial charge in [0.1, 0.15) is 11.9 Å². The number of benzene rings is 1. The van der Waals surface area contributed by atoms with Crippen molar-refractivity contribution in [2.75, 3.05) is 0 Å². The van der Waals surface area contributed by atoms with E-state index in [-0.39, 0.29) is 0 Å². The molecule has 0 aliphatic rings. The normalized spacial score (nSPS) is 17.8. The fourth-order valence-corrected chi connectivity index (χ4v) is 1.21. The molecular weight excluding hydrogens is 279 g/mol. The van der Waals surface area contributed by atoms with E-state index in [1.807, 2.05) is 5.32 Å². The molecule has 0 saturated carbocycles. The van der Waals surface area contributed by atoms with Crippen molar-refractivity contribution in [1.82, 2.24) is 10.6 Å². The third-order valence-corrected chi connectivity index (χ3v) is 2.22. The number of aliphatic carboxylic acids is 1. The van der Waals surface area contributed by atoms with Crippen LogP contribution in [0.5, 0.6) is 0 Å². The summed E-state index contributed by atoms with van der Waals surface area (Å²) in [5.74, 6) is -6.02. The lowest BCUT2D eigenvalue weighted by atomic mass is 10.2. The van der Waals surface area contributed by atoms with Crippen LogP contribution in [0.1, 0.15) is 33.5 Å². The molecule has 0 unspecified atom stereocenters. The number of carboxylic acid groups (broad SMARTS) is 1. The Morgan fingerprint density at radius 1 is 1.33 bits per heavy atom. The Balaban J connectivity index is 2.90. The van der Waals surface area contributed by atoms with Crippen LogP contribution in [0.2, 0.25) is 0 Å². The monoisotopic (exact) mass is 302 g/mol. The van der Waals surface area contributed by atoms with Crippen molar-refractivity contribution >= 4 is 17.8 Å². The number of carbonyl (C=O) groups is 3. The molecular formula is C14H17FN2O4. The van der Waals surface area contributed by atoms with Crippen molar-refractivity contribution < 1.29 is 32.1 Å². The van der Waals surface area contributed by atoms with Crippen LogP contribution >= 0.6 is 0 Å². The van der Waals surface area contributed by atoms with Crippen LogP contribution in [0.15, 0.2) is 24.3 Å². The molecule has 0 bridgehead atoms. The van der Waals surface area contributed by atoms with Gasteiger partial charge in [-0.15, -0.1) is 0 Å². The van der Waals surface area contributed by atoms with E-state index >= 15 is 0 Å². The van der Waals surface area contributed by atoms with Gasteiger partial charge in [0.15, 0.2) is 0 Å². The summed E-state index contributed by atoms with van der Waals surface area (Å²) in [6, 6.07) is 3.17. The van der Waals surface area contributed by atoms with E-state index in [4.69, 9.17) is 13.3 Å². The first-order chi connectivity index (χ1) is 12.1. The molecule has 1 atom stereocenters. The van der Waals surface area contributed by atoms with Gasteiger partial charge in [0.25, 0.3) is 0 Å². The molecule has 0 fully saturated rings. The molecule has 0 heterocycles. The standard InChI is InChI=1S/C14H17FN2O4/c1-9(17-12(18)6-7-13(19)20)14(21)16-8-10-4-2-3-5-11(10)15/h2-5,9H,6-8H2,1H3,(H,16,21)(H,17,18)(H,19,20)/t9-/m0/s1/i6D2,7D2,8D2. The molecule has 6 nitrogen and oxygen atoms in total. The Labute approximate surface area is 129 Å². The number of carbonyl (C=O) groups excluding carboxylic acids is 2. The van der Waals surface area contributed by atoms with Crippen LogP contribution in [0.25, 0.3) is 0 Å². The van der Waals surface area contributed by atoms with Gasteiger partial charge in [-0.3, -0.25) is 14.4 Å². The van der Waals surface area contributed by atoms with Gasteiger partial charge >= 0.3 is 5.97 Å². The summed E-state index contributed by atoms with van der Waals surface area (Å²) >= 11 is 0. The van der Waals surface area contributed by atoms with Crippen LogP contribution in [0.4, 0.5) is 4.39 Å². The maximum atomic E-state index is 13.7. The fourth-order valence-electron chi connectivity index (χ4n) is 1.21. The molecule has 1 aromatic rings. The molecule has 0 radical (unpaired) electrons. The lowest BCUT2D eigenvalue weighted by Crippen LogP contribution is -2.44. The van der Waals surface area contributed by atoms with Crippen molar-refractivity contribution in [2.45, 2.75) is 32.2 Å². The second kappa shape index (κ2) is 7.98. The van der Waals surface area contributed by atoms with Gasteiger partial charge < -0.3 is 15.7 Å². The Bertz CT molecular complexity index is 759. The SMILES string of the molecule is [2H]C([2H])(NC(=O)[C@H](C)NC(=O)C([2H])([2H])C([2H])([2H])C(=O)O)c1ccccc1F. The Kier molecular flexibility index (Phi) is 3.61. The number of nitrogens with one attached hydrogen (secondary N) is 2. The first kappa shape index (κ1) is 9.49. The van der Waals surface area contributed by atoms with E-state index in [1.54, 1.807) is 5.32 Å². The Morgan fingerprint density at radius 3 is 2.62 bits per heavy atom. The molecule has 3 N–H and O–H groups in total. The van der Waals surface area contributed by atoms with Crippen molar-refractivity contribution in [3.63, 3.8) is 0 Å². The van der Waals surface area contributed by atoms with Gasteiger partial charge in [0.05, 0.1) is 9.11 Å². The minimum Gasteiger partial charge on any atom is -0.481 e. The highest BCUT2D eigenvalue weighted by molar-refractivity contribution is 5.88. The maximum Gasteiger partial charge on any atom is 0.303 e. The molecule has 1 rings (SSSR count). The zero-order valence-corrected chi connectivity index (χ0v) is 10.9. The molecule has 0 aliphatic heterocycles. The zero-order chi connectivity index (χ0) is 21.2. The smallest absolute Gasteiger partial charge is 0.303 e. The van der Waals surface area contributed by atoms with Crippen LogP contribution in [-0.2, 0) is 20.9 Å². The maximum absolute atomic E-state index is 13.7. The predicted octanol–water partition coefficient (Wildman–Crippen LogP) is 0.811. The van der Waals surface area contributed by atoms with Crippen molar-refractivity contribution in [3.8, 4) is 0 Å². The number of halogens is 1. The minimum atomic E-state index is -3.57. The third-order valence-electron chi connectivity index (χ3n) is 2.22. The van der Waals surface area contributed by atoms with Crippen molar-refractivity contribution in [3.05, 3.63) is 35.6 Å². The summed E-state index contributed by atoms with van der Waals surface area (Å²) in [5.41, 5.74) is -0.477. The second-order valence-electron chi connectivity index (χ2n) is 3.84. The second-order valence-corrected chi connectivity index (χ2v) is 3.84. The number of hydrogen-bond acceptors (Lipinski definition) is 3. The third kappa shape index (κ3) is 6.03. The van der Waals surface area contributed by atoms with Crippen LogP contribution in [0.3, 0.4) is 0 Å². The van der Waals surface area contributed by atoms with Crippen LogP contribution < -0.4 is 10.6 Å². The number of amides is 2. The summed E-state index contributed by atoms with van der Waals surface area (Å²) in [7, 11) is 0.